The molecule has 0 atom stereocenters. The second-order valence-electron chi connectivity index (χ2n) is 26.0. The normalized spacial score (nSPS) is 11.1. The lowest BCUT2D eigenvalue weighted by Gasteiger charge is -2.36. The average Bonchev–Trinajstić information content (AvgIpc) is 0.896. The first kappa shape index (κ1) is 90.1. The lowest BCUT2D eigenvalue weighted by Crippen LogP contribution is -2.41. The molecule has 3 amide bonds. The van der Waals surface area contributed by atoms with Gasteiger partial charge in [0.1, 0.15) is 82.9 Å². The molecular formula is C69H100Br3F4N3O13Si2. The number of phenols is 1. The molecule has 0 aliphatic carbocycles. The van der Waals surface area contributed by atoms with Crippen molar-refractivity contribution in [3.05, 3.63) is 116 Å². The maximum Gasteiger partial charge on any atom is 0.408 e. The van der Waals surface area contributed by atoms with Crippen molar-refractivity contribution in [2.45, 2.75) is 170 Å². The molecular weight excluding hydrogens is 1450 g/mol. The standard InChI is InChI=1S/C22H34FNO4Si.C16H20FNO4.C14H22BrFO2Si.C8H13NO2.C6H4BrFO.C3H7Br/c1-21(2,3)28-20(25)24-13-9-10-17-11-12-18(23)16-19(17)26-14-15-27-29(7,8)22(4,5)6;1-16(2,3)22-15(20)18-8-4-5-12-6-7-13(17)11-14(12)21-10-9-19;1-14(2,3)19(4,5)18-9-8-17-13-10-11(16)6-7-12(13)15;1-5-6-9-7(10)11-8(2,3)4;7-5-2-1-4(8)3-6(5)9;1-2-3-4/h11-12,16H,13-15H2,1-8H3,(H,24,25);6-7,11,19H,8-10H2,1-3H3,(H,18,20);6-7,10H,8-9H2,1-5H3;1H,6H2,2-4H3,(H,9,10);1-3,9H;2-3H2,1H3. The maximum atomic E-state index is 13.6. The summed E-state index contributed by atoms with van der Waals surface area (Å²) in [5, 5.41) is 26.4. The van der Waals surface area contributed by atoms with Crippen LogP contribution in [0, 0.1) is 59.3 Å². The van der Waals surface area contributed by atoms with Crippen LogP contribution in [0.25, 0.3) is 0 Å². The number of phenolic OH excluding ortho intramolecular Hbond substituents is 1. The van der Waals surface area contributed by atoms with E-state index in [1.54, 1.807) is 74.4 Å². The molecule has 0 aliphatic heterocycles. The molecule has 526 valence electrons. The summed E-state index contributed by atoms with van der Waals surface area (Å²) in [5.41, 5.74) is -0.578. The van der Waals surface area contributed by atoms with E-state index in [9.17, 15) is 31.9 Å². The van der Waals surface area contributed by atoms with Crippen molar-refractivity contribution in [3.63, 3.8) is 0 Å². The molecule has 25 heteroatoms. The van der Waals surface area contributed by atoms with Crippen molar-refractivity contribution in [3.8, 4) is 59.0 Å². The van der Waals surface area contributed by atoms with Gasteiger partial charge in [0.2, 0.25) is 0 Å². The number of aliphatic hydroxyl groups excluding tert-OH is 1. The Morgan fingerprint density at radius 2 is 0.830 bits per heavy atom. The Hall–Kier alpha value is -5.96. The van der Waals surface area contributed by atoms with E-state index in [2.05, 4.69) is 168 Å². The molecule has 94 heavy (non-hydrogen) atoms. The molecule has 0 aliphatic rings. The van der Waals surface area contributed by atoms with Crippen molar-refractivity contribution in [2.75, 3.05) is 64.6 Å². The van der Waals surface area contributed by atoms with E-state index in [4.69, 9.17) is 53.9 Å². The summed E-state index contributed by atoms with van der Waals surface area (Å²) < 4.78 is 96.9. The number of hydrogen-bond acceptors (Lipinski definition) is 13. The molecule has 16 nitrogen and oxygen atoms in total. The molecule has 0 saturated carbocycles. The van der Waals surface area contributed by atoms with Crippen LogP contribution in [0.4, 0.5) is 31.9 Å². The predicted molar refractivity (Wildman–Crippen MR) is 382 cm³/mol. The number of ether oxygens (including phenoxy) is 6. The van der Waals surface area contributed by atoms with Crippen LogP contribution in [-0.4, -0.2) is 127 Å². The summed E-state index contributed by atoms with van der Waals surface area (Å²) in [7, 11) is -3.59. The monoisotopic (exact) mass is 1550 g/mol. The zero-order chi connectivity index (χ0) is 72.7. The van der Waals surface area contributed by atoms with Crippen molar-refractivity contribution >= 4 is 82.7 Å². The summed E-state index contributed by atoms with van der Waals surface area (Å²) in [6.45, 7) is 42.0. The number of alkyl halides is 1. The minimum atomic E-state index is -1.86. The first-order valence-corrected chi connectivity index (χ1v) is 38.6. The van der Waals surface area contributed by atoms with Crippen molar-refractivity contribution in [2.24, 2.45) is 0 Å². The van der Waals surface area contributed by atoms with Gasteiger partial charge < -0.3 is 63.4 Å². The molecule has 0 unspecified atom stereocenters. The highest BCUT2D eigenvalue weighted by Gasteiger charge is 2.38. The molecule has 5 N–H and O–H groups in total. The smallest absolute Gasteiger partial charge is 0.408 e. The summed E-state index contributed by atoms with van der Waals surface area (Å²) in [6, 6.07) is 16.3. The van der Waals surface area contributed by atoms with E-state index in [-0.39, 0.29) is 60.2 Å². The molecule has 0 saturated heterocycles. The molecule has 0 radical (unpaired) electrons. The lowest BCUT2D eigenvalue weighted by molar-refractivity contribution is 0.0523. The SMILES string of the molecule is C#CCNC(=O)OC(C)(C)C.CC(C)(C)OC(=O)NCC#Cc1ccc(F)cc1OCCO.CC(C)(C)OC(=O)NCC#Cc1ccc(F)cc1OCCO[Si](C)(C)C(C)(C)C.CC(C)(C)[Si](C)(C)OCCOc1cc(F)ccc1Br.CCCBr.Oc1cc(F)ccc1Br. The van der Waals surface area contributed by atoms with Crippen molar-refractivity contribution < 1.29 is 79.4 Å². The Labute approximate surface area is 584 Å². The number of carbonyl (C=O) groups excluding carboxylic acids is 3. The van der Waals surface area contributed by atoms with Crippen LogP contribution < -0.4 is 30.2 Å². The predicted octanol–water partition coefficient (Wildman–Crippen LogP) is 17.4. The van der Waals surface area contributed by atoms with Crippen molar-refractivity contribution in [1.82, 2.24) is 16.0 Å². The van der Waals surface area contributed by atoms with E-state index in [0.717, 1.165) is 15.9 Å². The minimum Gasteiger partial charge on any atom is -0.507 e. The van der Waals surface area contributed by atoms with Crippen LogP contribution in [0.2, 0.25) is 36.3 Å². The summed E-state index contributed by atoms with van der Waals surface area (Å²) in [5.74, 6) is 12.9. The van der Waals surface area contributed by atoms with Gasteiger partial charge in [0.05, 0.1) is 59.5 Å². The van der Waals surface area contributed by atoms with Gasteiger partial charge in [-0.1, -0.05) is 94.0 Å². The second kappa shape index (κ2) is 44.7. The van der Waals surface area contributed by atoms with Crippen LogP contribution in [0.1, 0.15) is 128 Å². The van der Waals surface area contributed by atoms with Crippen LogP contribution in [0.5, 0.6) is 23.0 Å². The Balaban J connectivity index is 0. The minimum absolute atomic E-state index is 0.0499. The molecule has 4 aromatic rings. The number of amides is 3. The zero-order valence-electron chi connectivity index (χ0n) is 58.3. The number of halogens is 7. The number of benzene rings is 4. The van der Waals surface area contributed by atoms with Gasteiger partial charge >= 0.3 is 18.3 Å². The number of nitrogens with one attached hydrogen (secondary N) is 3. The fourth-order valence-electron chi connectivity index (χ4n) is 5.57. The number of carbonyl (C=O) groups is 3. The first-order valence-electron chi connectivity index (χ1n) is 30.1. The van der Waals surface area contributed by atoms with Crippen LogP contribution in [0.15, 0.2) is 81.7 Å². The van der Waals surface area contributed by atoms with E-state index >= 15 is 0 Å². The summed E-state index contributed by atoms with van der Waals surface area (Å²) in [4.78, 5) is 33.8. The van der Waals surface area contributed by atoms with Crippen molar-refractivity contribution in [1.29, 1.82) is 0 Å². The van der Waals surface area contributed by atoms with Gasteiger partial charge in [0.25, 0.3) is 0 Å². The molecule has 0 fully saturated rings. The first-order chi connectivity index (χ1) is 43.2. The molecule has 0 aromatic heterocycles. The van der Waals surface area contributed by atoms with Crippen LogP contribution >= 0.6 is 47.8 Å². The number of aliphatic hydroxyl groups is 1. The molecule has 4 aromatic carbocycles. The highest BCUT2D eigenvalue weighted by atomic mass is 79.9. The Kier molecular flexibility index (Phi) is 42.9. The van der Waals surface area contributed by atoms with Gasteiger partial charge in [-0.05, 0) is 185 Å². The lowest BCUT2D eigenvalue weighted by atomic mass is 10.2. The maximum absolute atomic E-state index is 13.6. The zero-order valence-corrected chi connectivity index (χ0v) is 65.1. The Bertz CT molecular complexity index is 3100. The van der Waals surface area contributed by atoms with E-state index in [1.807, 2.05) is 0 Å². The van der Waals surface area contributed by atoms with E-state index in [0.29, 0.717) is 53.5 Å². The van der Waals surface area contributed by atoms with E-state index in [1.165, 1.54) is 61.0 Å². The van der Waals surface area contributed by atoms with E-state index < -0.39 is 69.2 Å². The number of hydrogen-bond donors (Lipinski definition) is 5. The highest BCUT2D eigenvalue weighted by Crippen LogP contribution is 2.37. The molecule has 0 bridgehead atoms. The molecule has 4 rings (SSSR count). The fourth-order valence-corrected chi connectivity index (χ4v) is 8.24. The fraction of sp³-hybridized carbons (Fsp3) is 0.522. The summed E-state index contributed by atoms with van der Waals surface area (Å²) >= 11 is 9.59. The summed E-state index contributed by atoms with van der Waals surface area (Å²) in [6.07, 6.45) is 4.59. The average molecular weight is 1550 g/mol. The third-order valence-electron chi connectivity index (χ3n) is 12.1. The van der Waals surface area contributed by atoms with Crippen LogP contribution in [-0.2, 0) is 23.1 Å². The topological polar surface area (TPSA) is 202 Å². The van der Waals surface area contributed by atoms with Gasteiger partial charge in [0.15, 0.2) is 16.6 Å². The third-order valence-corrected chi connectivity index (χ3v) is 23.3. The van der Waals surface area contributed by atoms with Gasteiger partial charge in [-0.25, -0.2) is 31.9 Å². The van der Waals surface area contributed by atoms with Gasteiger partial charge in [-0.2, -0.15) is 0 Å². The highest BCUT2D eigenvalue weighted by molar-refractivity contribution is 9.11. The number of alkyl carbamates (subject to hydrolysis) is 3. The number of terminal acetylenes is 1. The van der Waals surface area contributed by atoms with Gasteiger partial charge in [0, 0.05) is 29.6 Å². The molecule has 0 spiro atoms. The number of aromatic hydroxyl groups is 1. The second-order valence-corrected chi connectivity index (χ2v) is 38.1. The number of rotatable bonds is 17. The molecule has 0 heterocycles. The Morgan fingerprint density at radius 1 is 0.511 bits per heavy atom. The Morgan fingerprint density at radius 3 is 1.15 bits per heavy atom. The third kappa shape index (κ3) is 44.7. The van der Waals surface area contributed by atoms with Gasteiger partial charge in [-0.15, -0.1) is 6.42 Å². The largest absolute Gasteiger partial charge is 0.507 e. The van der Waals surface area contributed by atoms with Gasteiger partial charge in [-0.3, -0.25) is 0 Å². The quantitative estimate of drug-likeness (QED) is 0.0167. The van der Waals surface area contributed by atoms with Crippen LogP contribution in [0.3, 0.4) is 0 Å².